The lowest BCUT2D eigenvalue weighted by Gasteiger charge is -2.14. The molecular weight excluding hydrogens is 1310 g/mol. The van der Waals surface area contributed by atoms with Crippen LogP contribution in [0.3, 0.4) is 0 Å². The Labute approximate surface area is 555 Å². The summed E-state index contributed by atoms with van der Waals surface area (Å²) in [5.41, 5.74) is 0. The Balaban J connectivity index is 1.00. The summed E-state index contributed by atoms with van der Waals surface area (Å²) in [7, 11) is 0. The maximum atomic E-state index is 4.72. The van der Waals surface area contributed by atoms with E-state index in [1.54, 1.807) is 70.6 Å². The molecule has 11 N–H and O–H groups in total. The molecule has 32 nitrogen and oxygen atoms in total. The van der Waals surface area contributed by atoms with E-state index in [0.717, 1.165) is 51.8 Å². The van der Waals surface area contributed by atoms with E-state index in [9.17, 15) is 0 Å². The monoisotopic (exact) mass is 1390 g/mol. The van der Waals surface area contributed by atoms with Crippen molar-refractivity contribution in [2.45, 2.75) is 115 Å². The Morgan fingerprint density at radius 2 is 0.360 bits per heavy atom. The van der Waals surface area contributed by atoms with Gasteiger partial charge >= 0.3 is 0 Å². The van der Waals surface area contributed by atoms with E-state index in [1.807, 2.05) is 20.8 Å². The first-order valence-corrected chi connectivity index (χ1v) is 37.6. The zero-order valence-electron chi connectivity index (χ0n) is 50.8. The third kappa shape index (κ3) is 25.7. The van der Waals surface area contributed by atoms with Crippen molar-refractivity contribution in [1.29, 1.82) is 0 Å². The topological polar surface area (TPSA) is 403 Å². The lowest BCUT2D eigenvalue weighted by Crippen LogP contribution is -2.22. The molecule has 0 bridgehead atoms. The van der Waals surface area contributed by atoms with Crippen molar-refractivity contribution >= 4 is 171 Å². The first-order valence-electron chi connectivity index (χ1n) is 28.7. The van der Waals surface area contributed by atoms with E-state index in [0.29, 0.717) is 151 Å². The minimum Gasteiger partial charge on any atom is -0.352 e. The van der Waals surface area contributed by atoms with Gasteiger partial charge in [0.2, 0.25) is 65.4 Å². The molecule has 0 unspecified atom stereocenters. The highest BCUT2D eigenvalue weighted by Crippen LogP contribution is 2.24. The van der Waals surface area contributed by atoms with Crippen molar-refractivity contribution in [3.63, 3.8) is 0 Å². The average Bonchev–Trinajstić information content (AvgIpc) is 3.68. The molecule has 0 aliphatic heterocycles. The Hall–Kier alpha value is -5.98. The summed E-state index contributed by atoms with van der Waals surface area (Å²) in [5, 5.41) is 41.9. The van der Waals surface area contributed by atoms with Crippen molar-refractivity contribution in [3.05, 3.63) is 5.82 Å². The molecule has 0 spiro atoms. The van der Waals surface area contributed by atoms with Gasteiger partial charge in [-0.1, -0.05) is 168 Å². The number of nitrogens with one attached hydrogen (secondary N) is 11. The van der Waals surface area contributed by atoms with Crippen LogP contribution >= 0.6 is 106 Å². The molecule has 0 saturated carbocycles. The predicted molar refractivity (Wildman–Crippen MR) is 369 cm³/mol. The van der Waals surface area contributed by atoms with E-state index in [4.69, 9.17) is 15.0 Å². The molecule has 7 heterocycles. The lowest BCUT2D eigenvalue weighted by atomic mass is 10.6. The van der Waals surface area contributed by atoms with Crippen LogP contribution in [-0.2, 0) is 6.54 Å². The average molecular weight is 1390 g/mol. The summed E-state index contributed by atoms with van der Waals surface area (Å²) in [4.78, 5) is 97.2. The maximum absolute atomic E-state index is 4.72. The second-order valence-electron chi connectivity index (χ2n) is 16.7. The van der Waals surface area contributed by atoms with Gasteiger partial charge in [-0.05, 0) is 51.8 Å². The Morgan fingerprint density at radius 1 is 0.191 bits per heavy atom. The summed E-state index contributed by atoms with van der Waals surface area (Å²) in [6.45, 7) is 21.8. The molecule has 89 heavy (non-hydrogen) atoms. The van der Waals surface area contributed by atoms with Crippen LogP contribution in [0.2, 0.25) is 0 Å². The first-order chi connectivity index (χ1) is 43.6. The molecule has 7 rings (SSSR count). The summed E-state index contributed by atoms with van der Waals surface area (Å²) in [6.07, 6.45) is 0. The Morgan fingerprint density at radius 3 is 0.607 bits per heavy atom. The standard InChI is InChI=1S/C48H74N32S9/c1-10-81-40-60-28(61-41(78-40)82-11-2)25-55-35-67-38(75-44(73-35)85-14-5)57-26-56-36-63-29(49-19-21-51-31-65-32(69-42(68-31)83-12-3)52-23-24-54-34-71-45(86-15-6)79-46(72-34)87-16-7)62-30(64-36)50-20-22-53-33-66-37(74-43(70-33)84-13-4)58-27-59-39-76-47(88-17-8)80-48(77-39)89-18-9/h10-27H2,1-9H3,(H,54,71,72,79)(H,59,76,77,80)(H2,51,52,65,68,69)(H2,53,58,66,70,74)(H2,55,57,67,73,75)(H3,49,50,56,62,63,64). The summed E-state index contributed by atoms with van der Waals surface area (Å²) in [6, 6.07) is 0. The van der Waals surface area contributed by atoms with Crippen molar-refractivity contribution in [2.24, 2.45) is 0 Å². The Bertz CT molecular complexity index is 3180. The fraction of sp³-hybridized carbons (Fsp3) is 0.562. The second-order valence-corrected chi connectivity index (χ2v) is 27.8. The molecule has 0 radical (unpaired) electrons. The number of hydrogen-bond donors (Lipinski definition) is 11. The highest BCUT2D eigenvalue weighted by Gasteiger charge is 2.15. The third-order valence-electron chi connectivity index (χ3n) is 10.2. The van der Waals surface area contributed by atoms with Gasteiger partial charge in [-0.25, -0.2) is 9.97 Å². The van der Waals surface area contributed by atoms with Crippen molar-refractivity contribution in [1.82, 2.24) is 105 Å². The fourth-order valence-corrected chi connectivity index (χ4v) is 12.1. The molecule has 0 aliphatic rings. The highest BCUT2D eigenvalue weighted by molar-refractivity contribution is 8.01. The molecule has 7 aromatic heterocycles. The lowest BCUT2D eigenvalue weighted by molar-refractivity contribution is 0.738. The van der Waals surface area contributed by atoms with Gasteiger partial charge < -0.3 is 58.5 Å². The van der Waals surface area contributed by atoms with Gasteiger partial charge in [-0.2, -0.15) is 94.7 Å². The van der Waals surface area contributed by atoms with Crippen LogP contribution in [0.15, 0.2) is 46.4 Å². The van der Waals surface area contributed by atoms with Gasteiger partial charge in [0.15, 0.2) is 52.2 Å². The van der Waals surface area contributed by atoms with Crippen LogP contribution in [0.25, 0.3) is 0 Å². The van der Waals surface area contributed by atoms with Gasteiger partial charge in [-0.15, -0.1) is 0 Å². The summed E-state index contributed by atoms with van der Waals surface area (Å²) in [5.74, 6) is 12.2. The van der Waals surface area contributed by atoms with Crippen molar-refractivity contribution < 1.29 is 0 Å². The number of thioether (sulfide) groups is 9. The van der Waals surface area contributed by atoms with Crippen LogP contribution < -0.4 is 58.5 Å². The molecule has 0 aliphatic carbocycles. The molecule has 0 atom stereocenters. The van der Waals surface area contributed by atoms with E-state index in [1.165, 1.54) is 35.3 Å². The maximum Gasteiger partial charge on any atom is 0.230 e. The number of hydrogen-bond acceptors (Lipinski definition) is 41. The molecule has 0 amide bonds. The molecule has 41 heteroatoms. The molecule has 0 saturated heterocycles. The van der Waals surface area contributed by atoms with Gasteiger partial charge in [0.05, 0.1) is 19.9 Å². The van der Waals surface area contributed by atoms with Crippen molar-refractivity contribution in [2.75, 3.05) is 163 Å². The first kappa shape index (κ1) is 70.5. The minimum atomic E-state index is 0.144. The third-order valence-corrected chi connectivity index (χ3v) is 16.8. The van der Waals surface area contributed by atoms with Gasteiger partial charge in [-0.3, -0.25) is 0 Å². The smallest absolute Gasteiger partial charge is 0.230 e. The normalized spacial score (nSPS) is 11.1. The van der Waals surface area contributed by atoms with Crippen LogP contribution in [-0.4, -0.2) is 209 Å². The predicted octanol–water partition coefficient (Wildman–Crippen LogP) is 8.14. The van der Waals surface area contributed by atoms with Gasteiger partial charge in [0, 0.05) is 39.3 Å². The zero-order valence-corrected chi connectivity index (χ0v) is 58.1. The van der Waals surface area contributed by atoms with E-state index in [-0.39, 0.29) is 25.8 Å². The van der Waals surface area contributed by atoms with E-state index in [2.05, 4.69) is 190 Å². The second kappa shape index (κ2) is 40.0. The quantitative estimate of drug-likeness (QED) is 0.00974. The van der Waals surface area contributed by atoms with E-state index < -0.39 is 0 Å². The molecule has 0 aromatic carbocycles. The summed E-state index contributed by atoms with van der Waals surface area (Å²) < 4.78 is 0. The number of nitrogens with zero attached hydrogens (tertiary/aromatic N) is 21. The van der Waals surface area contributed by atoms with Crippen LogP contribution in [0, 0.1) is 0 Å². The SMILES string of the molecule is CCSc1nc(NCCNc2nc(NCCNc3nc(NCNc4nc(SCC)nc(SCC)n4)nc(SCC)n3)nc(NCNc3nc(NCc4nc(SCC)nc(SCC)n4)nc(SCC)n3)n2)nc(NCCNc2nc(SCC)nc(SCC)n2)n1. The van der Waals surface area contributed by atoms with E-state index >= 15 is 0 Å². The fourth-order valence-electron chi connectivity index (χ4n) is 6.80. The van der Waals surface area contributed by atoms with Gasteiger partial charge in [0.1, 0.15) is 0 Å². The summed E-state index contributed by atoms with van der Waals surface area (Å²) >= 11 is 13.9. The highest BCUT2D eigenvalue weighted by atomic mass is 32.2. The molecule has 0 fully saturated rings. The number of rotatable bonds is 44. The van der Waals surface area contributed by atoms with Crippen molar-refractivity contribution in [3.8, 4) is 0 Å². The zero-order chi connectivity index (χ0) is 62.8. The number of aromatic nitrogens is 21. The van der Waals surface area contributed by atoms with Gasteiger partial charge in [0.25, 0.3) is 0 Å². The van der Waals surface area contributed by atoms with Crippen LogP contribution in [0.5, 0.6) is 0 Å². The minimum absolute atomic E-state index is 0.144. The Kier molecular flexibility index (Phi) is 31.7. The molecular formula is C48H74N32S9. The molecule has 7 aromatic rings. The van der Waals surface area contributed by atoms with Crippen LogP contribution in [0.1, 0.15) is 68.1 Å². The van der Waals surface area contributed by atoms with Crippen LogP contribution in [0.4, 0.5) is 65.4 Å². The molecule has 480 valence electrons. The largest absolute Gasteiger partial charge is 0.352 e. The number of anilines is 11.